The summed E-state index contributed by atoms with van der Waals surface area (Å²) in [6.07, 6.45) is 1.83. The van der Waals surface area contributed by atoms with Gasteiger partial charge in [0.2, 0.25) is 5.95 Å². The first-order valence-corrected chi connectivity index (χ1v) is 8.11. The molecule has 0 aliphatic carbocycles. The van der Waals surface area contributed by atoms with Crippen LogP contribution in [0.5, 0.6) is 0 Å². The van der Waals surface area contributed by atoms with Crippen LogP contribution in [0.4, 0.5) is 11.8 Å². The molecule has 3 heterocycles. The van der Waals surface area contributed by atoms with Crippen LogP contribution < -0.4 is 10.2 Å². The number of benzene rings is 1. The molecule has 0 atom stereocenters. The summed E-state index contributed by atoms with van der Waals surface area (Å²) in [5.74, 6) is 1.54. The third-order valence-electron chi connectivity index (χ3n) is 4.18. The molecule has 7 nitrogen and oxygen atoms in total. The van der Waals surface area contributed by atoms with Gasteiger partial charge in [-0.15, -0.1) is 0 Å². The Kier molecular flexibility index (Phi) is 4.00. The van der Waals surface area contributed by atoms with Gasteiger partial charge in [0, 0.05) is 26.7 Å². The smallest absolute Gasteiger partial charge is 0.227 e. The van der Waals surface area contributed by atoms with E-state index >= 15 is 0 Å². The van der Waals surface area contributed by atoms with Crippen LogP contribution in [0.15, 0.2) is 36.5 Å². The minimum atomic E-state index is 0.622. The van der Waals surface area contributed by atoms with Crippen LogP contribution in [-0.4, -0.2) is 46.1 Å². The molecule has 1 aromatic carbocycles. The standard InChI is InChI=1S/C17H20N6O/c1-22-15-14(12-19-22)16(23-7-9-24-10-8-23)21-17(20-15)18-11-13-5-3-2-4-6-13/h2-6,12H,7-11H2,1H3,(H,18,20,21). The van der Waals surface area contributed by atoms with Gasteiger partial charge in [0.25, 0.3) is 0 Å². The van der Waals surface area contributed by atoms with Crippen LogP contribution in [0.1, 0.15) is 5.56 Å². The Balaban J connectivity index is 1.66. The summed E-state index contributed by atoms with van der Waals surface area (Å²) in [4.78, 5) is 11.6. The molecule has 0 amide bonds. The number of morpholine rings is 1. The van der Waals surface area contributed by atoms with Crippen LogP contribution >= 0.6 is 0 Å². The minimum absolute atomic E-state index is 0.622. The Labute approximate surface area is 140 Å². The van der Waals surface area contributed by atoms with E-state index in [2.05, 4.69) is 32.4 Å². The first-order chi connectivity index (χ1) is 11.8. The van der Waals surface area contributed by atoms with Gasteiger partial charge in [-0.1, -0.05) is 30.3 Å². The second-order valence-corrected chi connectivity index (χ2v) is 5.81. The maximum absolute atomic E-state index is 5.45. The molecule has 124 valence electrons. The molecule has 1 aliphatic rings. The summed E-state index contributed by atoms with van der Waals surface area (Å²) in [6, 6.07) is 10.2. The highest BCUT2D eigenvalue weighted by atomic mass is 16.5. The highest BCUT2D eigenvalue weighted by molar-refractivity contribution is 5.88. The van der Waals surface area contributed by atoms with Gasteiger partial charge in [-0.25, -0.2) is 0 Å². The van der Waals surface area contributed by atoms with Crippen molar-refractivity contribution in [1.29, 1.82) is 0 Å². The molecule has 3 aromatic rings. The highest BCUT2D eigenvalue weighted by Gasteiger charge is 2.19. The summed E-state index contributed by atoms with van der Waals surface area (Å²) in [5.41, 5.74) is 2.03. The van der Waals surface area contributed by atoms with Crippen LogP contribution in [-0.2, 0) is 18.3 Å². The van der Waals surface area contributed by atoms with Gasteiger partial charge in [0.05, 0.1) is 24.8 Å². The van der Waals surface area contributed by atoms with Crippen LogP contribution in [0.3, 0.4) is 0 Å². The van der Waals surface area contributed by atoms with Gasteiger partial charge >= 0.3 is 0 Å². The fraction of sp³-hybridized carbons (Fsp3) is 0.353. The SMILES string of the molecule is Cn1ncc2c(N3CCOCC3)nc(NCc3ccccc3)nc21. The number of hydrogen-bond acceptors (Lipinski definition) is 6. The largest absolute Gasteiger partial charge is 0.378 e. The van der Waals surface area contributed by atoms with Crippen molar-refractivity contribution in [2.24, 2.45) is 7.05 Å². The Morgan fingerprint density at radius 3 is 2.71 bits per heavy atom. The monoisotopic (exact) mass is 324 g/mol. The van der Waals surface area contributed by atoms with E-state index in [4.69, 9.17) is 9.72 Å². The fourth-order valence-electron chi connectivity index (χ4n) is 2.88. The van der Waals surface area contributed by atoms with Crippen molar-refractivity contribution in [2.75, 3.05) is 36.5 Å². The number of rotatable bonds is 4. The molecule has 2 aromatic heterocycles. The van der Waals surface area contributed by atoms with E-state index in [0.29, 0.717) is 12.5 Å². The lowest BCUT2D eigenvalue weighted by Gasteiger charge is -2.28. The summed E-state index contributed by atoms with van der Waals surface area (Å²) in [5, 5.41) is 8.64. The van der Waals surface area contributed by atoms with E-state index in [-0.39, 0.29) is 0 Å². The van der Waals surface area contributed by atoms with E-state index < -0.39 is 0 Å². The molecule has 1 fully saturated rings. The summed E-state index contributed by atoms with van der Waals surface area (Å²) in [7, 11) is 1.90. The lowest BCUT2D eigenvalue weighted by Crippen LogP contribution is -2.37. The first kappa shape index (κ1) is 14.9. The number of aryl methyl sites for hydroxylation is 1. The average molecular weight is 324 g/mol. The van der Waals surface area contributed by atoms with Gasteiger partial charge in [-0.05, 0) is 5.56 Å². The number of hydrogen-bond donors (Lipinski definition) is 1. The van der Waals surface area contributed by atoms with Crippen molar-refractivity contribution in [1.82, 2.24) is 19.7 Å². The van der Waals surface area contributed by atoms with E-state index in [1.165, 1.54) is 5.56 Å². The minimum Gasteiger partial charge on any atom is -0.378 e. The number of anilines is 2. The lowest BCUT2D eigenvalue weighted by molar-refractivity contribution is 0.122. The van der Waals surface area contributed by atoms with Gasteiger partial charge in [-0.2, -0.15) is 15.1 Å². The normalized spacial score (nSPS) is 15.0. The number of ether oxygens (including phenoxy) is 1. The van der Waals surface area contributed by atoms with Crippen molar-refractivity contribution in [3.63, 3.8) is 0 Å². The molecule has 7 heteroatoms. The molecule has 0 radical (unpaired) electrons. The molecule has 0 spiro atoms. The zero-order valence-electron chi connectivity index (χ0n) is 13.6. The number of fused-ring (bicyclic) bond motifs is 1. The molecule has 1 saturated heterocycles. The van der Waals surface area contributed by atoms with Crippen molar-refractivity contribution in [3.05, 3.63) is 42.1 Å². The topological polar surface area (TPSA) is 68.1 Å². The second kappa shape index (κ2) is 6.45. The Bertz CT molecular complexity index is 826. The van der Waals surface area contributed by atoms with Gasteiger partial charge in [-0.3, -0.25) is 4.68 Å². The van der Waals surface area contributed by atoms with Crippen LogP contribution in [0.2, 0.25) is 0 Å². The maximum atomic E-state index is 5.45. The van der Waals surface area contributed by atoms with Gasteiger partial charge < -0.3 is 15.0 Å². The zero-order chi connectivity index (χ0) is 16.4. The third-order valence-corrected chi connectivity index (χ3v) is 4.18. The molecular weight excluding hydrogens is 304 g/mol. The maximum Gasteiger partial charge on any atom is 0.227 e. The van der Waals surface area contributed by atoms with Gasteiger partial charge in [0.1, 0.15) is 5.82 Å². The number of nitrogens with one attached hydrogen (secondary N) is 1. The van der Waals surface area contributed by atoms with E-state index in [9.17, 15) is 0 Å². The summed E-state index contributed by atoms with van der Waals surface area (Å²) < 4.78 is 7.24. The lowest BCUT2D eigenvalue weighted by atomic mass is 10.2. The summed E-state index contributed by atoms with van der Waals surface area (Å²) in [6.45, 7) is 3.79. The molecule has 0 saturated carbocycles. The molecule has 0 bridgehead atoms. The second-order valence-electron chi connectivity index (χ2n) is 5.81. The highest BCUT2D eigenvalue weighted by Crippen LogP contribution is 2.25. The van der Waals surface area contributed by atoms with E-state index in [1.807, 2.05) is 31.4 Å². The molecular formula is C17H20N6O. The van der Waals surface area contributed by atoms with Crippen molar-refractivity contribution in [2.45, 2.75) is 6.54 Å². The predicted octanol–water partition coefficient (Wildman–Crippen LogP) is 1.81. The fourth-order valence-corrected chi connectivity index (χ4v) is 2.88. The Morgan fingerprint density at radius 1 is 1.12 bits per heavy atom. The number of nitrogens with zero attached hydrogens (tertiary/aromatic N) is 5. The Hall–Kier alpha value is -2.67. The Morgan fingerprint density at radius 2 is 1.92 bits per heavy atom. The van der Waals surface area contributed by atoms with Gasteiger partial charge in [0.15, 0.2) is 5.65 Å². The quantitative estimate of drug-likeness (QED) is 0.789. The van der Waals surface area contributed by atoms with Crippen molar-refractivity contribution in [3.8, 4) is 0 Å². The predicted molar refractivity (Wildman–Crippen MR) is 93.1 cm³/mol. The van der Waals surface area contributed by atoms with Crippen LogP contribution in [0.25, 0.3) is 11.0 Å². The van der Waals surface area contributed by atoms with Crippen LogP contribution in [0, 0.1) is 0 Å². The van der Waals surface area contributed by atoms with Crippen molar-refractivity contribution < 1.29 is 4.74 Å². The third kappa shape index (κ3) is 2.90. The molecule has 1 aliphatic heterocycles. The van der Waals surface area contributed by atoms with Crippen molar-refractivity contribution >= 4 is 22.8 Å². The average Bonchev–Trinajstić information content (AvgIpc) is 3.02. The molecule has 24 heavy (non-hydrogen) atoms. The molecule has 0 unspecified atom stereocenters. The van der Waals surface area contributed by atoms with E-state index in [0.717, 1.165) is 43.2 Å². The first-order valence-electron chi connectivity index (χ1n) is 8.11. The molecule has 4 rings (SSSR count). The molecule has 1 N–H and O–H groups in total. The van der Waals surface area contributed by atoms with E-state index in [1.54, 1.807) is 4.68 Å². The summed E-state index contributed by atoms with van der Waals surface area (Å²) >= 11 is 0. The zero-order valence-corrected chi connectivity index (χ0v) is 13.6. The number of aromatic nitrogens is 4.